The molecule has 0 atom stereocenters. The molecule has 0 heterocycles. The zero-order valence-corrected chi connectivity index (χ0v) is 6.62. The summed E-state index contributed by atoms with van der Waals surface area (Å²) >= 11 is 0.583. The van der Waals surface area contributed by atoms with E-state index in [0.717, 1.165) is 4.28 Å². The molecule has 0 spiro atoms. The van der Waals surface area contributed by atoms with Crippen molar-refractivity contribution in [1.82, 2.24) is 0 Å². The molecule has 0 fully saturated rings. The van der Waals surface area contributed by atoms with Gasteiger partial charge in [0.25, 0.3) is 0 Å². The van der Waals surface area contributed by atoms with E-state index in [9.17, 15) is 0 Å². The average molecular weight is 136 g/mol. The zero-order chi connectivity index (χ0) is 6.62. The van der Waals surface area contributed by atoms with Crippen LogP contribution < -0.4 is 18.9 Å². The Balaban J connectivity index is 0. The van der Waals surface area contributed by atoms with Crippen LogP contribution in [0.25, 0.3) is 0 Å². The van der Waals surface area contributed by atoms with Gasteiger partial charge >= 0.3 is 18.9 Å². The molecule has 0 aromatic heterocycles. The first kappa shape index (κ1) is 12.8. The van der Waals surface area contributed by atoms with Crippen LogP contribution in [0.15, 0.2) is 0 Å². The first-order chi connectivity index (χ1) is 3.68. The van der Waals surface area contributed by atoms with E-state index in [2.05, 4.69) is 20.8 Å². The Kier molecular flexibility index (Phi) is 8.35. The minimum absolute atomic E-state index is 0. The minimum Gasteiger partial charge on any atom is -0.180 e. The Bertz CT molecular complexity index is 51.7. The van der Waals surface area contributed by atoms with Gasteiger partial charge in [-0.25, -0.2) is 0 Å². The van der Waals surface area contributed by atoms with Gasteiger partial charge in [0.2, 0.25) is 0 Å². The zero-order valence-electron chi connectivity index (χ0n) is 6.62. The fourth-order valence-electron chi connectivity index (χ4n) is 0.750. The van der Waals surface area contributed by atoms with Crippen molar-refractivity contribution in [3.8, 4) is 0 Å². The Labute approximate surface area is 79.4 Å². The van der Waals surface area contributed by atoms with E-state index >= 15 is 0 Å². The van der Waals surface area contributed by atoms with Gasteiger partial charge in [-0.05, 0) is 0 Å². The largest absolute Gasteiger partial charge is 1.00 e. The first-order valence-electron chi connectivity index (χ1n) is 3.18. The van der Waals surface area contributed by atoms with Gasteiger partial charge in [0.15, 0.2) is 0 Å². The third-order valence-electron chi connectivity index (χ3n) is 1.50. The van der Waals surface area contributed by atoms with Crippen LogP contribution in [0.5, 0.6) is 0 Å². The van der Waals surface area contributed by atoms with E-state index < -0.39 is 0 Å². The van der Waals surface area contributed by atoms with E-state index in [1.165, 1.54) is 19.3 Å². The van der Waals surface area contributed by atoms with Crippen LogP contribution in [-0.2, 0) is 0 Å². The van der Waals surface area contributed by atoms with Crippen molar-refractivity contribution < 1.29 is 18.9 Å². The standard InChI is InChI=1S/C7H15.Al.Li.3H/c1-4-7(5-2)6-3;;;;;/h4-6H2,1-3H3;;;;;/q;-1;+1;;;. The van der Waals surface area contributed by atoms with Crippen molar-refractivity contribution in [2.45, 2.75) is 44.3 Å². The van der Waals surface area contributed by atoms with Gasteiger partial charge in [0.05, 0.1) is 16.3 Å². The summed E-state index contributed by atoms with van der Waals surface area (Å²) in [6, 6.07) is 0. The quantitative estimate of drug-likeness (QED) is 0.425. The Morgan fingerprint density at radius 1 is 1.00 bits per heavy atom. The molecule has 0 aromatic rings. The molecule has 50 valence electrons. The number of hydrogen-bond donors (Lipinski definition) is 0. The van der Waals surface area contributed by atoms with E-state index in [1.807, 2.05) is 0 Å². The van der Waals surface area contributed by atoms with Crippen LogP contribution in [0.2, 0.25) is 4.28 Å². The van der Waals surface area contributed by atoms with Gasteiger partial charge in [-0.2, -0.15) is 4.28 Å². The van der Waals surface area contributed by atoms with Crippen molar-refractivity contribution >= 4 is 16.3 Å². The van der Waals surface area contributed by atoms with Crippen molar-refractivity contribution in [3.63, 3.8) is 0 Å². The summed E-state index contributed by atoms with van der Waals surface area (Å²) in [5, 5.41) is 0. The average Bonchev–Trinajstić information content (AvgIpc) is 1.87. The molecule has 0 aliphatic carbocycles. The third-order valence-corrected chi connectivity index (χ3v) is 1.50. The molecule has 0 rings (SSSR count). The van der Waals surface area contributed by atoms with Gasteiger partial charge in [-0.3, -0.25) is 0 Å². The van der Waals surface area contributed by atoms with E-state index in [1.54, 1.807) is 0 Å². The molecule has 0 saturated carbocycles. The van der Waals surface area contributed by atoms with Crippen LogP contribution in [0.4, 0.5) is 0 Å². The summed E-state index contributed by atoms with van der Waals surface area (Å²) in [5.74, 6) is 0. The molecular weight excluding hydrogens is 118 g/mol. The molecule has 0 bridgehead atoms. The van der Waals surface area contributed by atoms with Crippen molar-refractivity contribution in [2.75, 3.05) is 0 Å². The topological polar surface area (TPSA) is 0 Å². The summed E-state index contributed by atoms with van der Waals surface area (Å²) in [4.78, 5) is 0. The van der Waals surface area contributed by atoms with Crippen LogP contribution in [0.1, 0.15) is 40.0 Å². The van der Waals surface area contributed by atoms with Crippen molar-refractivity contribution in [1.29, 1.82) is 0 Å². The molecule has 9 heavy (non-hydrogen) atoms. The summed E-state index contributed by atoms with van der Waals surface area (Å²) in [6.45, 7) is 7.00. The number of rotatable bonds is 3. The third kappa shape index (κ3) is 4.52. The molecule has 0 amide bonds. The predicted molar refractivity (Wildman–Crippen MR) is 43.5 cm³/mol. The van der Waals surface area contributed by atoms with Crippen LogP contribution >= 0.6 is 0 Å². The predicted octanol–water partition coefficient (Wildman–Crippen LogP) is -1.26. The minimum atomic E-state index is 0. The maximum absolute atomic E-state index is 2.33. The molecule has 0 N–H and O–H groups in total. The van der Waals surface area contributed by atoms with Gasteiger partial charge < -0.3 is 0 Å². The van der Waals surface area contributed by atoms with Crippen LogP contribution in [0.3, 0.4) is 0 Å². The molecule has 0 aliphatic heterocycles. The first-order valence-corrected chi connectivity index (χ1v) is 3.18. The summed E-state index contributed by atoms with van der Waals surface area (Å²) < 4.78 is 0.875. The smallest absolute Gasteiger partial charge is 0.180 e. The fraction of sp³-hybridized carbons (Fsp3) is 1.00. The summed E-state index contributed by atoms with van der Waals surface area (Å²) in [6.07, 6.45) is 4.29. The summed E-state index contributed by atoms with van der Waals surface area (Å²) in [7, 11) is 0. The Morgan fingerprint density at radius 3 is 1.22 bits per heavy atom. The van der Waals surface area contributed by atoms with Gasteiger partial charge in [-0.15, -0.1) is 0 Å². The molecule has 0 unspecified atom stereocenters. The second kappa shape index (κ2) is 5.88. The van der Waals surface area contributed by atoms with Gasteiger partial charge in [0, 0.05) is 0 Å². The molecule has 0 nitrogen and oxygen atoms in total. The monoisotopic (exact) mass is 136 g/mol. The molecular formula is C7H18AlLi. The van der Waals surface area contributed by atoms with Gasteiger partial charge in [0.1, 0.15) is 0 Å². The fourth-order valence-corrected chi connectivity index (χ4v) is 0.750. The number of hydrogen-bond acceptors (Lipinski definition) is 0. The maximum Gasteiger partial charge on any atom is 1.00 e. The Morgan fingerprint density at radius 2 is 1.22 bits per heavy atom. The van der Waals surface area contributed by atoms with Crippen molar-refractivity contribution in [2.24, 2.45) is 0 Å². The second-order valence-electron chi connectivity index (χ2n) is 1.81. The van der Waals surface area contributed by atoms with E-state index in [-0.39, 0.29) is 18.9 Å². The maximum atomic E-state index is 2.33. The van der Waals surface area contributed by atoms with Crippen LogP contribution in [-0.4, -0.2) is 16.3 Å². The second-order valence-corrected chi connectivity index (χ2v) is 1.81. The van der Waals surface area contributed by atoms with E-state index in [0.29, 0.717) is 16.3 Å². The normalized spacial score (nSPS) is 11.0. The summed E-state index contributed by atoms with van der Waals surface area (Å²) in [5.41, 5.74) is 0. The van der Waals surface area contributed by atoms with E-state index in [4.69, 9.17) is 0 Å². The Hall–Kier alpha value is 1.13. The molecule has 0 aromatic carbocycles. The van der Waals surface area contributed by atoms with Gasteiger partial charge in [-0.1, -0.05) is 40.0 Å². The SMILES string of the molecule is CC[C]([AlH3-])(CC)CC.[Li+]. The molecule has 0 saturated heterocycles. The van der Waals surface area contributed by atoms with Crippen molar-refractivity contribution in [3.05, 3.63) is 0 Å². The molecule has 0 aliphatic rings. The van der Waals surface area contributed by atoms with Crippen LogP contribution in [0, 0.1) is 0 Å². The molecule has 2 heteroatoms. The molecule has 0 radical (unpaired) electrons.